The quantitative estimate of drug-likeness (QED) is 0.627. The van der Waals surface area contributed by atoms with Gasteiger partial charge in [0.05, 0.1) is 0 Å². The zero-order valence-corrected chi connectivity index (χ0v) is 8.94. The molecule has 11 heavy (non-hydrogen) atoms. The summed E-state index contributed by atoms with van der Waals surface area (Å²) in [6.07, 6.45) is 1.33. The van der Waals surface area contributed by atoms with Crippen LogP contribution in [0.25, 0.3) is 0 Å². The van der Waals surface area contributed by atoms with Gasteiger partial charge in [-0.1, -0.05) is 34.6 Å². The molecule has 0 aliphatic rings. The summed E-state index contributed by atoms with van der Waals surface area (Å²) in [4.78, 5) is 0. The molecule has 0 saturated heterocycles. The summed E-state index contributed by atoms with van der Waals surface area (Å²) >= 11 is 0. The molecule has 0 bridgehead atoms. The van der Waals surface area contributed by atoms with E-state index in [0.717, 1.165) is 13.0 Å². The fourth-order valence-electron chi connectivity index (χ4n) is 1.22. The minimum Gasteiger partial charge on any atom is -0.400 e. The van der Waals surface area contributed by atoms with Crippen LogP contribution in [0.2, 0.25) is 0 Å². The van der Waals surface area contributed by atoms with Crippen LogP contribution in [-0.2, 0) is 0 Å². The van der Waals surface area contributed by atoms with Gasteiger partial charge in [-0.2, -0.15) is 0 Å². The predicted octanol–water partition coefficient (Wildman–Crippen LogP) is 3.10. The van der Waals surface area contributed by atoms with E-state index in [1.807, 2.05) is 0 Å². The zero-order chi connectivity index (χ0) is 8.78. The van der Waals surface area contributed by atoms with E-state index in [2.05, 4.69) is 34.6 Å². The van der Waals surface area contributed by atoms with Crippen LogP contribution in [0.3, 0.4) is 0 Å². The van der Waals surface area contributed by atoms with E-state index in [4.69, 9.17) is 5.11 Å². The lowest BCUT2D eigenvalue weighted by Crippen LogP contribution is -2.08. The molecule has 0 aromatic carbocycles. The van der Waals surface area contributed by atoms with Crippen LogP contribution in [-0.4, -0.2) is 12.2 Å². The third kappa shape index (κ3) is 25.7. The van der Waals surface area contributed by atoms with E-state index in [1.165, 1.54) is 6.42 Å². The van der Waals surface area contributed by atoms with Crippen LogP contribution >= 0.6 is 0 Å². The second kappa shape index (κ2) is 8.02. The van der Waals surface area contributed by atoms with Gasteiger partial charge in [0.15, 0.2) is 0 Å². The van der Waals surface area contributed by atoms with Crippen molar-refractivity contribution in [2.24, 2.45) is 11.3 Å². The summed E-state index contributed by atoms with van der Waals surface area (Å²) < 4.78 is 0. The van der Waals surface area contributed by atoms with Crippen molar-refractivity contribution < 1.29 is 6.53 Å². The van der Waals surface area contributed by atoms with Gasteiger partial charge < -0.3 is 11.3 Å². The Morgan fingerprint density at radius 3 is 1.45 bits per heavy atom. The van der Waals surface area contributed by atoms with Crippen molar-refractivity contribution in [1.82, 2.24) is 6.15 Å². The molecule has 4 N–H and O–H groups in total. The first-order chi connectivity index (χ1) is 4.42. The smallest absolute Gasteiger partial charge is 0.0319 e. The third-order valence-electron chi connectivity index (χ3n) is 1.02. The molecule has 0 aromatic heterocycles. The molecule has 0 radical (unpaired) electrons. The molecule has 0 atom stereocenters. The summed E-state index contributed by atoms with van der Waals surface area (Å²) in [5, 5.41) is 7.00. The van der Waals surface area contributed by atoms with Gasteiger partial charge >= 0.3 is 0 Å². The highest BCUT2D eigenvalue weighted by atomic mass is 16.2. The number of hydrogen-bond acceptors (Lipinski definition) is 2. The second-order valence-corrected chi connectivity index (χ2v) is 4.16. The second-order valence-electron chi connectivity index (χ2n) is 4.16. The molecule has 0 unspecified atom stereocenters. The van der Waals surface area contributed by atoms with E-state index in [9.17, 15) is 0 Å². The highest BCUT2D eigenvalue weighted by Gasteiger charge is 2.11. The van der Waals surface area contributed by atoms with E-state index in [1.54, 1.807) is 0 Å². The Morgan fingerprint density at radius 1 is 1.18 bits per heavy atom. The molecule has 74 valence electrons. The molecule has 0 amide bonds. The molecule has 0 saturated carbocycles. The van der Waals surface area contributed by atoms with Gasteiger partial charge in [0.1, 0.15) is 0 Å². The first-order valence-corrected chi connectivity index (χ1v) is 3.86. The number of hydrogen-bond donors (Lipinski definition) is 2. The Labute approximate surface area is 73.1 Å². The maximum atomic E-state index is 7.00. The highest BCUT2D eigenvalue weighted by molar-refractivity contribution is 4.62. The third-order valence-corrected chi connectivity index (χ3v) is 1.02. The molecule has 2 heteroatoms. The van der Waals surface area contributed by atoms with Crippen LogP contribution in [0.5, 0.6) is 0 Å². The van der Waals surface area contributed by atoms with Gasteiger partial charge in [-0.05, 0) is 17.8 Å². The van der Waals surface area contributed by atoms with E-state index >= 15 is 0 Å². The summed E-state index contributed by atoms with van der Waals surface area (Å²) in [7, 11) is 1.00. The first-order valence-electron chi connectivity index (χ1n) is 3.86. The normalized spacial score (nSPS) is 9.82. The minimum atomic E-state index is 0. The van der Waals surface area contributed by atoms with Gasteiger partial charge in [-0.15, -0.1) is 0 Å². The minimum absolute atomic E-state index is 0. The number of aliphatic hydroxyl groups excluding tert-OH is 1. The monoisotopic (exact) mass is 165 g/mol. The van der Waals surface area contributed by atoms with Crippen molar-refractivity contribution in [3.05, 3.63) is 0 Å². The SMILES string of the molecule is CC(C)CC(C)(C)C.CO.N.[HH]. The zero-order valence-electron chi connectivity index (χ0n) is 8.94. The standard InChI is InChI=1S/C8H18.CH4O.H3N.H2/c1-7(2)6-8(3,4)5;1-2;;/h7H,6H2,1-5H3;2H,1H3;1H3;1H. The highest BCUT2D eigenvalue weighted by Crippen LogP contribution is 2.23. The van der Waals surface area contributed by atoms with Crippen LogP contribution in [0.15, 0.2) is 0 Å². The van der Waals surface area contributed by atoms with Crippen molar-refractivity contribution in [1.29, 1.82) is 0 Å². The topological polar surface area (TPSA) is 55.2 Å². The Morgan fingerprint density at radius 2 is 1.45 bits per heavy atom. The van der Waals surface area contributed by atoms with E-state index in [-0.39, 0.29) is 7.58 Å². The Hall–Kier alpha value is -0.0800. The van der Waals surface area contributed by atoms with Crippen molar-refractivity contribution in [2.45, 2.75) is 41.0 Å². The van der Waals surface area contributed by atoms with Gasteiger partial charge in [0, 0.05) is 8.54 Å². The maximum Gasteiger partial charge on any atom is 0.0319 e. The summed E-state index contributed by atoms with van der Waals surface area (Å²) in [5.41, 5.74) is 0.522. The Balaban J connectivity index is -0.0000000740. The number of aliphatic hydroxyl groups is 1. The molecule has 2 nitrogen and oxygen atoms in total. The van der Waals surface area contributed by atoms with Gasteiger partial charge in [0.2, 0.25) is 0 Å². The van der Waals surface area contributed by atoms with Crippen molar-refractivity contribution in [2.75, 3.05) is 7.11 Å². The molecule has 0 rings (SSSR count). The van der Waals surface area contributed by atoms with Gasteiger partial charge in [-0.3, -0.25) is 0 Å². The van der Waals surface area contributed by atoms with Crippen molar-refractivity contribution in [3.8, 4) is 0 Å². The Bertz CT molecular complexity index is 69.4. The molecule has 0 aliphatic carbocycles. The summed E-state index contributed by atoms with van der Waals surface area (Å²) in [6.45, 7) is 11.4. The molecule has 0 aliphatic heterocycles. The lowest BCUT2D eigenvalue weighted by atomic mass is 9.86. The molecule has 0 heterocycles. The predicted molar refractivity (Wildman–Crippen MR) is 54.2 cm³/mol. The van der Waals surface area contributed by atoms with Crippen molar-refractivity contribution in [3.63, 3.8) is 0 Å². The lowest BCUT2D eigenvalue weighted by molar-refractivity contribution is 0.320. The molecule has 0 fully saturated rings. The lowest BCUT2D eigenvalue weighted by Gasteiger charge is -2.19. The van der Waals surface area contributed by atoms with Gasteiger partial charge in [-0.25, -0.2) is 0 Å². The van der Waals surface area contributed by atoms with Gasteiger partial charge in [0.25, 0.3) is 0 Å². The molecule has 0 aromatic rings. The van der Waals surface area contributed by atoms with Crippen molar-refractivity contribution >= 4 is 0 Å². The van der Waals surface area contributed by atoms with Crippen LogP contribution in [0.1, 0.15) is 42.5 Å². The maximum absolute atomic E-state index is 7.00. The summed E-state index contributed by atoms with van der Waals surface area (Å²) in [5.74, 6) is 0.843. The average Bonchev–Trinajstić information content (AvgIpc) is 1.64. The molecule has 0 spiro atoms. The van der Waals surface area contributed by atoms with Crippen LogP contribution in [0, 0.1) is 11.3 Å². The number of rotatable bonds is 1. The average molecular weight is 165 g/mol. The molecular formula is C9H27NO. The molecular weight excluding hydrogens is 138 g/mol. The van der Waals surface area contributed by atoms with E-state index in [0.29, 0.717) is 5.41 Å². The van der Waals surface area contributed by atoms with E-state index < -0.39 is 0 Å². The summed E-state index contributed by atoms with van der Waals surface area (Å²) in [6, 6.07) is 0. The van der Waals surface area contributed by atoms with Crippen LogP contribution in [0.4, 0.5) is 0 Å². The van der Waals surface area contributed by atoms with Crippen LogP contribution < -0.4 is 6.15 Å². The fraction of sp³-hybridized carbons (Fsp3) is 1.00. The fourth-order valence-corrected chi connectivity index (χ4v) is 1.22. The Kier molecular flexibility index (Phi) is 12.5. The first kappa shape index (κ1) is 17.1. The largest absolute Gasteiger partial charge is 0.400 e.